The number of hydrogen-bond donors (Lipinski definition) is 0. The van der Waals surface area contributed by atoms with Gasteiger partial charge in [0.15, 0.2) is 5.78 Å². The highest BCUT2D eigenvalue weighted by Gasteiger charge is 2.22. The first-order valence-electron chi connectivity index (χ1n) is 5.61. The molecule has 1 aliphatic carbocycles. The van der Waals surface area contributed by atoms with E-state index in [1.807, 2.05) is 11.8 Å². The highest BCUT2D eigenvalue weighted by Crippen LogP contribution is 2.32. The van der Waals surface area contributed by atoms with Gasteiger partial charge >= 0.3 is 0 Å². The standard InChI is InChI=1S/C12H17NOS2/c1-12(2,3)15-7-10-13-8-5-4-6-9(14)11(8)16-10/h4-7H2,1-3H3. The van der Waals surface area contributed by atoms with Crippen LogP contribution in [0.25, 0.3) is 0 Å². The van der Waals surface area contributed by atoms with Crippen molar-refractivity contribution in [2.45, 2.75) is 50.5 Å². The van der Waals surface area contributed by atoms with Gasteiger partial charge in [-0.1, -0.05) is 20.8 Å². The first-order chi connectivity index (χ1) is 7.46. The molecule has 2 nitrogen and oxygen atoms in total. The summed E-state index contributed by atoms with van der Waals surface area (Å²) in [5.74, 6) is 1.22. The fraction of sp³-hybridized carbons (Fsp3) is 0.667. The molecule has 1 aliphatic rings. The van der Waals surface area contributed by atoms with E-state index in [1.165, 1.54) is 0 Å². The molecule has 0 saturated heterocycles. The number of Topliss-reactive ketones (excluding diaryl/α,β-unsaturated/α-hetero) is 1. The predicted molar refractivity (Wildman–Crippen MR) is 70.4 cm³/mol. The van der Waals surface area contributed by atoms with Gasteiger partial charge in [0.05, 0.1) is 10.6 Å². The number of rotatable bonds is 2. The molecule has 0 spiro atoms. The topological polar surface area (TPSA) is 30.0 Å². The molecule has 0 aliphatic heterocycles. The molecule has 2 rings (SSSR count). The molecule has 4 heteroatoms. The van der Waals surface area contributed by atoms with Crippen LogP contribution < -0.4 is 0 Å². The Morgan fingerprint density at radius 3 is 2.75 bits per heavy atom. The number of aromatic nitrogens is 1. The smallest absolute Gasteiger partial charge is 0.174 e. The van der Waals surface area contributed by atoms with E-state index >= 15 is 0 Å². The Labute approximate surface area is 105 Å². The van der Waals surface area contributed by atoms with Gasteiger partial charge in [-0.25, -0.2) is 4.98 Å². The number of hydrogen-bond acceptors (Lipinski definition) is 4. The van der Waals surface area contributed by atoms with Crippen LogP contribution in [0.5, 0.6) is 0 Å². The van der Waals surface area contributed by atoms with Crippen LogP contribution in [-0.2, 0) is 12.2 Å². The molecule has 1 aromatic rings. The molecule has 1 heterocycles. The summed E-state index contributed by atoms with van der Waals surface area (Å²) in [4.78, 5) is 17.2. The van der Waals surface area contributed by atoms with Crippen LogP contribution in [0.2, 0.25) is 0 Å². The molecule has 88 valence electrons. The lowest BCUT2D eigenvalue weighted by atomic mass is 10.0. The van der Waals surface area contributed by atoms with E-state index in [0.29, 0.717) is 12.2 Å². The number of thiazole rings is 1. The van der Waals surface area contributed by atoms with Crippen molar-refractivity contribution >= 4 is 28.9 Å². The van der Waals surface area contributed by atoms with Gasteiger partial charge in [-0.2, -0.15) is 0 Å². The Hall–Kier alpha value is -0.350. The summed E-state index contributed by atoms with van der Waals surface area (Å²) in [7, 11) is 0. The number of fused-ring (bicyclic) bond motifs is 1. The predicted octanol–water partition coefficient (Wildman–Crippen LogP) is 3.69. The highest BCUT2D eigenvalue weighted by atomic mass is 32.2. The second-order valence-corrected chi connectivity index (χ2v) is 7.95. The van der Waals surface area contributed by atoms with E-state index < -0.39 is 0 Å². The van der Waals surface area contributed by atoms with Crippen molar-refractivity contribution in [2.24, 2.45) is 0 Å². The summed E-state index contributed by atoms with van der Waals surface area (Å²) in [5, 5.41) is 1.11. The van der Waals surface area contributed by atoms with Crippen LogP contribution in [0.4, 0.5) is 0 Å². The first-order valence-corrected chi connectivity index (χ1v) is 7.42. The molecule has 0 aromatic carbocycles. The number of ketones is 1. The molecule has 0 saturated carbocycles. The van der Waals surface area contributed by atoms with E-state index in [1.54, 1.807) is 11.3 Å². The zero-order valence-electron chi connectivity index (χ0n) is 10.0. The highest BCUT2D eigenvalue weighted by molar-refractivity contribution is 7.99. The summed E-state index contributed by atoms with van der Waals surface area (Å²) in [6, 6.07) is 0. The van der Waals surface area contributed by atoms with Gasteiger partial charge in [0.1, 0.15) is 5.01 Å². The number of carbonyl (C=O) groups excluding carboxylic acids is 1. The van der Waals surface area contributed by atoms with Gasteiger partial charge in [-0.05, 0) is 12.8 Å². The second kappa shape index (κ2) is 4.49. The fourth-order valence-corrected chi connectivity index (χ4v) is 3.56. The average molecular weight is 255 g/mol. The molecule has 0 bridgehead atoms. The largest absolute Gasteiger partial charge is 0.293 e. The normalized spacial score (nSPS) is 16.3. The monoisotopic (exact) mass is 255 g/mol. The van der Waals surface area contributed by atoms with Crippen molar-refractivity contribution in [3.63, 3.8) is 0 Å². The van der Waals surface area contributed by atoms with Crippen molar-refractivity contribution in [1.29, 1.82) is 0 Å². The Kier molecular flexibility index (Phi) is 3.40. The minimum atomic E-state index is 0.260. The van der Waals surface area contributed by atoms with Crippen molar-refractivity contribution in [1.82, 2.24) is 4.98 Å². The third kappa shape index (κ3) is 2.86. The third-order valence-electron chi connectivity index (χ3n) is 2.44. The lowest BCUT2D eigenvalue weighted by molar-refractivity contribution is 0.0976. The van der Waals surface area contributed by atoms with Crippen molar-refractivity contribution < 1.29 is 4.79 Å². The number of carbonyl (C=O) groups is 1. The van der Waals surface area contributed by atoms with Gasteiger partial charge in [-0.15, -0.1) is 23.1 Å². The van der Waals surface area contributed by atoms with Gasteiger partial charge in [0.2, 0.25) is 0 Å². The molecule has 0 radical (unpaired) electrons. The number of nitrogens with zero attached hydrogens (tertiary/aromatic N) is 1. The van der Waals surface area contributed by atoms with E-state index in [9.17, 15) is 4.79 Å². The average Bonchev–Trinajstić information content (AvgIpc) is 2.58. The van der Waals surface area contributed by atoms with Crippen LogP contribution in [-0.4, -0.2) is 15.5 Å². The SMILES string of the molecule is CC(C)(C)SCc1nc2c(s1)C(=O)CCC2. The zero-order valence-corrected chi connectivity index (χ0v) is 11.6. The summed E-state index contributed by atoms with van der Waals surface area (Å²) in [6.45, 7) is 6.61. The summed E-state index contributed by atoms with van der Waals surface area (Å²) >= 11 is 3.49. The van der Waals surface area contributed by atoms with Gasteiger partial charge in [0, 0.05) is 16.9 Å². The first kappa shape index (κ1) is 12.1. The molecular weight excluding hydrogens is 238 g/mol. The minimum Gasteiger partial charge on any atom is -0.293 e. The third-order valence-corrected chi connectivity index (χ3v) is 5.05. The Morgan fingerprint density at radius 2 is 2.12 bits per heavy atom. The summed E-state index contributed by atoms with van der Waals surface area (Å²) in [5.41, 5.74) is 1.05. The van der Waals surface area contributed by atoms with E-state index in [0.717, 1.165) is 34.2 Å². The lowest BCUT2D eigenvalue weighted by Gasteiger charge is -2.16. The van der Waals surface area contributed by atoms with Gasteiger partial charge in [-0.3, -0.25) is 4.79 Å². The molecule has 0 N–H and O–H groups in total. The zero-order chi connectivity index (χ0) is 11.8. The quantitative estimate of drug-likeness (QED) is 0.807. The van der Waals surface area contributed by atoms with Crippen LogP contribution in [0.1, 0.15) is 54.0 Å². The molecule has 0 fully saturated rings. The maximum absolute atomic E-state index is 11.7. The molecule has 0 unspecified atom stereocenters. The second-order valence-electron chi connectivity index (χ2n) is 5.06. The van der Waals surface area contributed by atoms with E-state index in [4.69, 9.17) is 0 Å². The molecule has 0 atom stereocenters. The van der Waals surface area contributed by atoms with Crippen LogP contribution in [0.15, 0.2) is 0 Å². The molecule has 0 amide bonds. The van der Waals surface area contributed by atoms with E-state index in [-0.39, 0.29) is 4.75 Å². The van der Waals surface area contributed by atoms with Gasteiger partial charge < -0.3 is 0 Å². The fourth-order valence-electron chi connectivity index (χ4n) is 1.66. The molecule has 1 aromatic heterocycles. The number of thioether (sulfide) groups is 1. The van der Waals surface area contributed by atoms with E-state index in [2.05, 4.69) is 25.8 Å². The summed E-state index contributed by atoms with van der Waals surface area (Å²) in [6.07, 6.45) is 2.67. The molecule has 16 heavy (non-hydrogen) atoms. The van der Waals surface area contributed by atoms with Crippen LogP contribution in [0, 0.1) is 0 Å². The van der Waals surface area contributed by atoms with Crippen LogP contribution >= 0.6 is 23.1 Å². The lowest BCUT2D eigenvalue weighted by Crippen LogP contribution is -2.08. The Balaban J connectivity index is 2.10. The number of aryl methyl sites for hydroxylation is 1. The Bertz CT molecular complexity index is 404. The van der Waals surface area contributed by atoms with Crippen LogP contribution in [0.3, 0.4) is 0 Å². The molecular formula is C12H17NOS2. The summed E-state index contributed by atoms with van der Waals surface area (Å²) < 4.78 is 0.260. The van der Waals surface area contributed by atoms with Crippen molar-refractivity contribution in [2.75, 3.05) is 0 Å². The maximum atomic E-state index is 11.7. The minimum absolute atomic E-state index is 0.260. The van der Waals surface area contributed by atoms with Crippen molar-refractivity contribution in [3.05, 3.63) is 15.6 Å². The Morgan fingerprint density at radius 1 is 1.38 bits per heavy atom. The van der Waals surface area contributed by atoms with Gasteiger partial charge in [0.25, 0.3) is 0 Å². The maximum Gasteiger partial charge on any atom is 0.174 e. The van der Waals surface area contributed by atoms with Crippen molar-refractivity contribution in [3.8, 4) is 0 Å².